The molecule has 0 aromatic heterocycles. The number of amides is 1. The van der Waals surface area contributed by atoms with Crippen LogP contribution in [0.3, 0.4) is 0 Å². The highest BCUT2D eigenvalue weighted by Gasteiger charge is 2.26. The van der Waals surface area contributed by atoms with Crippen molar-refractivity contribution in [3.8, 4) is 6.07 Å². The number of benzene rings is 2. The van der Waals surface area contributed by atoms with E-state index in [2.05, 4.69) is 17.5 Å². The maximum absolute atomic E-state index is 13.5. The standard InChI is InChI=1S/C29H34N4O2/c1-20-15-21(2)28(32-18-25-19-35-14-4-5-27(25)31-3)16-26(20)29(34)33-12-10-24(11-13-33)23-8-6-22(17-30)7-9-23/h6-9,15-16,18,24,31H,4-5,10-14,19H2,1-3H3/b32-18+. The summed E-state index contributed by atoms with van der Waals surface area (Å²) in [6.45, 7) is 6.79. The number of likely N-dealkylation sites (tertiary alicyclic amines) is 1. The average Bonchev–Trinajstić information content (AvgIpc) is 3.13. The monoisotopic (exact) mass is 470 g/mol. The largest absolute Gasteiger partial charge is 0.391 e. The number of allylic oxidation sites excluding steroid dienone is 1. The Morgan fingerprint density at radius 1 is 1.17 bits per heavy atom. The van der Waals surface area contributed by atoms with E-state index in [4.69, 9.17) is 15.0 Å². The third-order valence-corrected chi connectivity index (χ3v) is 7.09. The molecule has 0 unspecified atom stereocenters. The lowest BCUT2D eigenvalue weighted by Crippen LogP contribution is -2.38. The van der Waals surface area contributed by atoms with Crippen LogP contribution in [-0.2, 0) is 4.74 Å². The van der Waals surface area contributed by atoms with Crippen LogP contribution in [0.25, 0.3) is 0 Å². The molecule has 0 radical (unpaired) electrons. The molecule has 2 heterocycles. The Morgan fingerprint density at radius 3 is 2.60 bits per heavy atom. The van der Waals surface area contributed by atoms with Crippen LogP contribution in [0.1, 0.15) is 64.2 Å². The van der Waals surface area contributed by atoms with Crippen LogP contribution in [0.2, 0.25) is 0 Å². The van der Waals surface area contributed by atoms with Crippen molar-refractivity contribution in [2.45, 2.75) is 45.4 Å². The van der Waals surface area contributed by atoms with E-state index in [1.807, 2.05) is 62.3 Å². The summed E-state index contributed by atoms with van der Waals surface area (Å²) < 4.78 is 5.71. The maximum Gasteiger partial charge on any atom is 0.254 e. The molecular weight excluding hydrogens is 436 g/mol. The molecule has 0 aliphatic carbocycles. The van der Waals surface area contributed by atoms with Crippen LogP contribution in [0, 0.1) is 25.2 Å². The lowest BCUT2D eigenvalue weighted by atomic mass is 9.88. The minimum absolute atomic E-state index is 0.0742. The van der Waals surface area contributed by atoms with Crippen molar-refractivity contribution < 1.29 is 9.53 Å². The highest BCUT2D eigenvalue weighted by molar-refractivity contribution is 5.97. The summed E-state index contributed by atoms with van der Waals surface area (Å²) in [5.41, 5.74) is 7.72. The van der Waals surface area contributed by atoms with Gasteiger partial charge in [0.2, 0.25) is 0 Å². The summed E-state index contributed by atoms with van der Waals surface area (Å²) in [5, 5.41) is 12.3. The van der Waals surface area contributed by atoms with Crippen molar-refractivity contribution in [3.63, 3.8) is 0 Å². The van der Waals surface area contributed by atoms with Gasteiger partial charge >= 0.3 is 0 Å². The molecule has 1 fully saturated rings. The molecule has 1 amide bonds. The zero-order valence-corrected chi connectivity index (χ0v) is 20.9. The maximum atomic E-state index is 13.5. The molecule has 0 atom stereocenters. The van der Waals surface area contributed by atoms with Gasteiger partial charge in [0.1, 0.15) is 0 Å². The first-order chi connectivity index (χ1) is 17.0. The van der Waals surface area contributed by atoms with E-state index >= 15 is 0 Å². The lowest BCUT2D eigenvalue weighted by molar-refractivity contribution is 0.0712. The predicted octanol–water partition coefficient (Wildman–Crippen LogP) is 5.18. The van der Waals surface area contributed by atoms with Crippen molar-refractivity contribution >= 4 is 17.8 Å². The summed E-state index contributed by atoms with van der Waals surface area (Å²) in [6, 6.07) is 14.0. The lowest BCUT2D eigenvalue weighted by Gasteiger charge is -2.32. The van der Waals surface area contributed by atoms with Gasteiger partial charge in [0.15, 0.2) is 0 Å². The molecule has 0 saturated carbocycles. The molecular formula is C29H34N4O2. The van der Waals surface area contributed by atoms with Gasteiger partial charge in [0, 0.05) is 49.8 Å². The Labute approximate surface area is 208 Å². The predicted molar refractivity (Wildman–Crippen MR) is 139 cm³/mol. The third kappa shape index (κ3) is 5.80. The van der Waals surface area contributed by atoms with Crippen molar-refractivity contribution in [2.24, 2.45) is 4.99 Å². The molecule has 2 aromatic rings. The van der Waals surface area contributed by atoms with E-state index in [1.165, 1.54) is 5.56 Å². The molecule has 6 heteroatoms. The zero-order valence-electron chi connectivity index (χ0n) is 20.9. The first kappa shape index (κ1) is 24.7. The number of hydrogen-bond donors (Lipinski definition) is 1. The number of aryl methyl sites for hydroxylation is 2. The first-order valence-electron chi connectivity index (χ1n) is 12.4. The van der Waals surface area contributed by atoms with Crippen LogP contribution in [-0.4, -0.2) is 50.4 Å². The summed E-state index contributed by atoms with van der Waals surface area (Å²) in [6.07, 6.45) is 5.68. The van der Waals surface area contributed by atoms with Gasteiger partial charge in [-0.2, -0.15) is 5.26 Å². The Morgan fingerprint density at radius 2 is 1.91 bits per heavy atom. The molecule has 1 saturated heterocycles. The van der Waals surface area contributed by atoms with E-state index in [1.54, 1.807) is 0 Å². The van der Waals surface area contributed by atoms with Crippen molar-refractivity contribution in [1.29, 1.82) is 5.26 Å². The quantitative estimate of drug-likeness (QED) is 0.611. The smallest absolute Gasteiger partial charge is 0.254 e. The number of hydrogen-bond acceptors (Lipinski definition) is 5. The van der Waals surface area contributed by atoms with Gasteiger partial charge in [-0.05, 0) is 80.3 Å². The second-order valence-corrected chi connectivity index (χ2v) is 9.42. The van der Waals surface area contributed by atoms with Gasteiger partial charge in [-0.25, -0.2) is 0 Å². The van der Waals surface area contributed by atoms with E-state index in [-0.39, 0.29) is 5.91 Å². The highest BCUT2D eigenvalue weighted by Crippen LogP contribution is 2.30. The van der Waals surface area contributed by atoms with E-state index in [0.29, 0.717) is 18.1 Å². The van der Waals surface area contributed by atoms with Crippen LogP contribution in [0.15, 0.2) is 52.7 Å². The number of ether oxygens (including phenoxy) is 1. The minimum atomic E-state index is 0.0742. The number of nitrogens with one attached hydrogen (secondary N) is 1. The molecule has 2 aliphatic heterocycles. The fraction of sp³-hybridized carbons (Fsp3) is 0.414. The van der Waals surface area contributed by atoms with Crippen molar-refractivity contribution in [2.75, 3.05) is 33.4 Å². The second-order valence-electron chi connectivity index (χ2n) is 9.42. The molecule has 6 nitrogen and oxygen atoms in total. The Kier molecular flexibility index (Phi) is 7.99. The molecule has 182 valence electrons. The summed E-state index contributed by atoms with van der Waals surface area (Å²) in [5.74, 6) is 0.493. The molecule has 0 bridgehead atoms. The molecule has 4 rings (SSSR count). The number of piperidine rings is 1. The number of carbonyl (C=O) groups is 1. The van der Waals surface area contributed by atoms with Gasteiger partial charge < -0.3 is 15.0 Å². The number of nitriles is 1. The Bertz CT molecular complexity index is 1170. The van der Waals surface area contributed by atoms with Gasteiger partial charge in [-0.3, -0.25) is 9.79 Å². The van der Waals surface area contributed by atoms with E-state index < -0.39 is 0 Å². The topological polar surface area (TPSA) is 77.7 Å². The van der Waals surface area contributed by atoms with E-state index in [9.17, 15) is 4.79 Å². The van der Waals surface area contributed by atoms with Gasteiger partial charge in [0.25, 0.3) is 5.91 Å². The molecule has 2 aliphatic rings. The van der Waals surface area contributed by atoms with Crippen LogP contribution < -0.4 is 5.32 Å². The minimum Gasteiger partial charge on any atom is -0.391 e. The SMILES string of the molecule is CNC1=C(/C=N/c2cc(C(=O)N3CCC(c4ccc(C#N)cc4)CC3)c(C)cc2C)COCCC1. The first-order valence-corrected chi connectivity index (χ1v) is 12.4. The third-order valence-electron chi connectivity index (χ3n) is 7.09. The van der Waals surface area contributed by atoms with Crippen LogP contribution in [0.4, 0.5) is 5.69 Å². The van der Waals surface area contributed by atoms with Gasteiger partial charge in [-0.1, -0.05) is 18.2 Å². The number of aliphatic imine (C=N–C) groups is 1. The summed E-state index contributed by atoms with van der Waals surface area (Å²) in [4.78, 5) is 20.2. The summed E-state index contributed by atoms with van der Waals surface area (Å²) in [7, 11) is 1.94. The average molecular weight is 471 g/mol. The van der Waals surface area contributed by atoms with Gasteiger partial charge in [0.05, 0.1) is 23.9 Å². The summed E-state index contributed by atoms with van der Waals surface area (Å²) >= 11 is 0. The van der Waals surface area contributed by atoms with Crippen LogP contribution >= 0.6 is 0 Å². The van der Waals surface area contributed by atoms with Crippen molar-refractivity contribution in [3.05, 3.63) is 75.5 Å². The number of rotatable bonds is 5. The zero-order chi connectivity index (χ0) is 24.8. The van der Waals surface area contributed by atoms with Gasteiger partial charge in [-0.15, -0.1) is 0 Å². The fourth-order valence-electron chi connectivity index (χ4n) is 4.96. The highest BCUT2D eigenvalue weighted by atomic mass is 16.5. The fourth-order valence-corrected chi connectivity index (χ4v) is 4.96. The molecule has 2 aromatic carbocycles. The Hall–Kier alpha value is -3.43. The Balaban J connectivity index is 1.48. The molecule has 0 spiro atoms. The molecule has 1 N–H and O–H groups in total. The normalized spacial score (nSPS) is 17.4. The number of nitrogens with zero attached hydrogens (tertiary/aromatic N) is 3. The van der Waals surface area contributed by atoms with Crippen molar-refractivity contribution in [1.82, 2.24) is 10.2 Å². The second kappa shape index (κ2) is 11.3. The molecule has 35 heavy (non-hydrogen) atoms. The number of carbonyl (C=O) groups excluding carboxylic acids is 1. The van der Waals surface area contributed by atoms with E-state index in [0.717, 1.165) is 79.0 Å². The van der Waals surface area contributed by atoms with Crippen LogP contribution in [0.5, 0.6) is 0 Å².